The summed E-state index contributed by atoms with van der Waals surface area (Å²) >= 11 is 0. The molecule has 4 rings (SSSR count). The van der Waals surface area contributed by atoms with Gasteiger partial charge in [0.05, 0.1) is 5.69 Å². The van der Waals surface area contributed by atoms with Crippen LogP contribution < -0.4 is 0 Å². The Morgan fingerprint density at radius 3 is 2.56 bits per heavy atom. The summed E-state index contributed by atoms with van der Waals surface area (Å²) in [5.41, 5.74) is 2.78. The summed E-state index contributed by atoms with van der Waals surface area (Å²) in [7, 11) is 0. The van der Waals surface area contributed by atoms with Gasteiger partial charge in [-0.1, -0.05) is 36.4 Å². The third-order valence-corrected chi connectivity index (χ3v) is 5.07. The minimum atomic E-state index is -0.272. The third-order valence-electron chi connectivity index (χ3n) is 5.07. The first-order valence-electron chi connectivity index (χ1n) is 9.28. The Morgan fingerprint density at radius 1 is 0.963 bits per heavy atom. The molecule has 4 heteroatoms. The van der Waals surface area contributed by atoms with Gasteiger partial charge >= 0.3 is 0 Å². The fourth-order valence-electron chi connectivity index (χ4n) is 3.66. The third kappa shape index (κ3) is 3.75. The summed E-state index contributed by atoms with van der Waals surface area (Å²) in [6.45, 7) is 1.40. The molecular formula is C23H21FN2O. The molecule has 0 spiro atoms. The van der Waals surface area contributed by atoms with Gasteiger partial charge in [-0.3, -0.25) is 9.78 Å². The van der Waals surface area contributed by atoms with E-state index in [0.717, 1.165) is 25.1 Å². The van der Waals surface area contributed by atoms with E-state index in [1.54, 1.807) is 12.1 Å². The van der Waals surface area contributed by atoms with E-state index in [9.17, 15) is 9.18 Å². The maximum absolute atomic E-state index is 14.1. The maximum Gasteiger partial charge on any atom is 0.253 e. The van der Waals surface area contributed by atoms with E-state index in [4.69, 9.17) is 4.98 Å². The van der Waals surface area contributed by atoms with Crippen LogP contribution in [0.4, 0.5) is 4.39 Å². The predicted octanol–water partition coefficient (Wildman–Crippen LogP) is 4.91. The highest BCUT2D eigenvalue weighted by Crippen LogP contribution is 2.29. The molecule has 0 aliphatic carbocycles. The van der Waals surface area contributed by atoms with Gasteiger partial charge < -0.3 is 4.90 Å². The molecule has 2 aromatic carbocycles. The summed E-state index contributed by atoms with van der Waals surface area (Å²) in [6.07, 6.45) is 1.92. The number of carbonyl (C=O) groups is 1. The van der Waals surface area contributed by atoms with Crippen molar-refractivity contribution in [3.8, 4) is 11.3 Å². The molecule has 0 unspecified atom stereocenters. The zero-order chi connectivity index (χ0) is 18.6. The van der Waals surface area contributed by atoms with Crippen LogP contribution >= 0.6 is 0 Å². The zero-order valence-electron chi connectivity index (χ0n) is 15.0. The van der Waals surface area contributed by atoms with E-state index < -0.39 is 0 Å². The number of piperidine rings is 1. The van der Waals surface area contributed by atoms with Gasteiger partial charge in [0.2, 0.25) is 0 Å². The van der Waals surface area contributed by atoms with Crippen molar-refractivity contribution in [1.82, 2.24) is 9.88 Å². The van der Waals surface area contributed by atoms with Gasteiger partial charge in [-0.25, -0.2) is 4.39 Å². The van der Waals surface area contributed by atoms with Crippen LogP contribution in [0.5, 0.6) is 0 Å². The Hall–Kier alpha value is -3.01. The summed E-state index contributed by atoms with van der Waals surface area (Å²) in [5.74, 6) is -0.0460. The van der Waals surface area contributed by atoms with Gasteiger partial charge in [-0.05, 0) is 49.2 Å². The molecule has 1 aliphatic heterocycles. The summed E-state index contributed by atoms with van der Waals surface area (Å²) < 4.78 is 14.1. The highest BCUT2D eigenvalue weighted by molar-refractivity contribution is 5.94. The van der Waals surface area contributed by atoms with Crippen LogP contribution in [-0.2, 0) is 0 Å². The molecule has 3 aromatic rings. The Bertz CT molecular complexity index is 942. The van der Waals surface area contributed by atoms with Crippen molar-refractivity contribution in [3.63, 3.8) is 0 Å². The fraction of sp³-hybridized carbons (Fsp3) is 0.217. The molecule has 0 N–H and O–H groups in total. The quantitative estimate of drug-likeness (QED) is 0.665. The van der Waals surface area contributed by atoms with Crippen molar-refractivity contribution >= 4 is 5.91 Å². The highest BCUT2D eigenvalue weighted by Gasteiger charge is 2.26. The molecule has 1 atom stereocenters. The molecule has 1 aromatic heterocycles. The molecule has 1 fully saturated rings. The average molecular weight is 360 g/mol. The number of halogens is 1. The lowest BCUT2D eigenvalue weighted by atomic mass is 9.93. The monoisotopic (exact) mass is 360 g/mol. The van der Waals surface area contributed by atoms with E-state index in [2.05, 4.69) is 0 Å². The van der Waals surface area contributed by atoms with Crippen molar-refractivity contribution in [2.24, 2.45) is 0 Å². The van der Waals surface area contributed by atoms with E-state index in [0.29, 0.717) is 23.4 Å². The number of benzene rings is 2. The Morgan fingerprint density at radius 2 is 1.74 bits per heavy atom. The molecule has 0 saturated carbocycles. The number of nitrogens with zero attached hydrogens (tertiary/aromatic N) is 2. The van der Waals surface area contributed by atoms with E-state index in [-0.39, 0.29) is 17.6 Å². The molecular weight excluding hydrogens is 339 g/mol. The molecule has 0 radical (unpaired) electrons. The van der Waals surface area contributed by atoms with Crippen LogP contribution in [0.3, 0.4) is 0 Å². The van der Waals surface area contributed by atoms with Gasteiger partial charge in [0.25, 0.3) is 5.91 Å². The first-order chi connectivity index (χ1) is 13.2. The second kappa shape index (κ2) is 7.70. The number of hydrogen-bond donors (Lipinski definition) is 0. The predicted molar refractivity (Wildman–Crippen MR) is 104 cm³/mol. The van der Waals surface area contributed by atoms with Crippen LogP contribution in [0, 0.1) is 5.82 Å². The van der Waals surface area contributed by atoms with Gasteiger partial charge in [0, 0.05) is 35.8 Å². The van der Waals surface area contributed by atoms with E-state index in [1.165, 1.54) is 6.07 Å². The smallest absolute Gasteiger partial charge is 0.253 e. The molecule has 2 heterocycles. The summed E-state index contributed by atoms with van der Waals surface area (Å²) in [4.78, 5) is 19.4. The summed E-state index contributed by atoms with van der Waals surface area (Å²) in [6, 6.07) is 21.8. The van der Waals surface area contributed by atoms with Crippen LogP contribution in [0.15, 0.2) is 72.8 Å². The lowest BCUT2D eigenvalue weighted by molar-refractivity contribution is 0.0706. The Balaban J connectivity index is 1.56. The van der Waals surface area contributed by atoms with Crippen molar-refractivity contribution in [2.45, 2.75) is 18.8 Å². The number of rotatable bonds is 3. The largest absolute Gasteiger partial charge is 0.338 e. The van der Waals surface area contributed by atoms with E-state index >= 15 is 0 Å². The first-order valence-corrected chi connectivity index (χ1v) is 9.28. The molecule has 3 nitrogen and oxygen atoms in total. The van der Waals surface area contributed by atoms with E-state index in [1.807, 2.05) is 59.5 Å². The number of hydrogen-bond acceptors (Lipinski definition) is 2. The number of amides is 1. The Kier molecular flexibility index (Phi) is 4.97. The van der Waals surface area contributed by atoms with Crippen molar-refractivity contribution in [1.29, 1.82) is 0 Å². The number of pyridine rings is 1. The second-order valence-electron chi connectivity index (χ2n) is 6.88. The normalized spacial score (nSPS) is 16.9. The first kappa shape index (κ1) is 17.4. The van der Waals surface area contributed by atoms with Crippen LogP contribution in [0.2, 0.25) is 0 Å². The van der Waals surface area contributed by atoms with Crippen LogP contribution in [0.1, 0.15) is 34.8 Å². The average Bonchev–Trinajstić information content (AvgIpc) is 2.74. The number of likely N-dealkylation sites (tertiary alicyclic amines) is 1. The Labute approximate surface area is 158 Å². The zero-order valence-corrected chi connectivity index (χ0v) is 15.0. The lowest BCUT2D eigenvalue weighted by Gasteiger charge is -2.32. The fourth-order valence-corrected chi connectivity index (χ4v) is 3.66. The van der Waals surface area contributed by atoms with Crippen LogP contribution in [0.25, 0.3) is 11.3 Å². The van der Waals surface area contributed by atoms with Crippen LogP contribution in [-0.4, -0.2) is 28.9 Å². The van der Waals surface area contributed by atoms with Crippen molar-refractivity contribution in [3.05, 3.63) is 89.9 Å². The number of carbonyl (C=O) groups excluding carboxylic acids is 1. The molecule has 1 amide bonds. The van der Waals surface area contributed by atoms with Crippen molar-refractivity contribution < 1.29 is 9.18 Å². The highest BCUT2D eigenvalue weighted by atomic mass is 19.1. The van der Waals surface area contributed by atoms with Gasteiger partial charge in [0.1, 0.15) is 5.82 Å². The lowest BCUT2D eigenvalue weighted by Crippen LogP contribution is -2.39. The SMILES string of the molecule is O=C(c1ccccc1)N1CCC[C@H](c2cccc(-c3ccccc3F)n2)C1. The minimum absolute atomic E-state index is 0.0607. The number of aromatic nitrogens is 1. The van der Waals surface area contributed by atoms with Gasteiger partial charge in [-0.15, -0.1) is 0 Å². The van der Waals surface area contributed by atoms with Gasteiger partial charge in [0.15, 0.2) is 0 Å². The molecule has 1 aliphatic rings. The summed E-state index contributed by atoms with van der Waals surface area (Å²) in [5, 5.41) is 0. The topological polar surface area (TPSA) is 33.2 Å². The molecule has 136 valence electrons. The maximum atomic E-state index is 14.1. The minimum Gasteiger partial charge on any atom is -0.338 e. The van der Waals surface area contributed by atoms with Gasteiger partial charge in [-0.2, -0.15) is 0 Å². The second-order valence-corrected chi connectivity index (χ2v) is 6.88. The standard InChI is InChI=1S/C23H21FN2O/c24-20-12-5-4-11-19(20)22-14-6-13-21(25-22)18-10-7-15-26(16-18)23(27)17-8-2-1-3-9-17/h1-6,8-9,11-14,18H,7,10,15-16H2/t18-/m0/s1. The molecule has 1 saturated heterocycles. The molecule has 27 heavy (non-hydrogen) atoms. The van der Waals surface area contributed by atoms with Crippen molar-refractivity contribution in [2.75, 3.05) is 13.1 Å². The molecule has 0 bridgehead atoms.